The van der Waals surface area contributed by atoms with Crippen LogP contribution in [0.15, 0.2) is 52.1 Å². The van der Waals surface area contributed by atoms with E-state index in [9.17, 15) is 4.79 Å². The molecule has 0 radical (unpaired) electrons. The third kappa shape index (κ3) is 4.18. The molecule has 0 atom stereocenters. The Bertz CT molecular complexity index is 551. The van der Waals surface area contributed by atoms with Gasteiger partial charge in [-0.1, -0.05) is 43.0 Å². The monoisotopic (exact) mass is 335 g/mol. The Kier molecular flexibility index (Phi) is 5.16. The number of aromatic nitrogens is 1. The van der Waals surface area contributed by atoms with Crippen LogP contribution in [-0.4, -0.2) is 16.5 Å². The Morgan fingerprint density at radius 1 is 1.21 bits per heavy atom. The number of hydrogen-bond acceptors (Lipinski definition) is 3. The lowest BCUT2D eigenvalue weighted by molar-refractivity contribution is 0.102. The van der Waals surface area contributed by atoms with Crippen molar-refractivity contribution >= 4 is 33.5 Å². The summed E-state index contributed by atoms with van der Waals surface area (Å²) in [6.45, 7) is 2.10. The summed E-state index contributed by atoms with van der Waals surface area (Å²) in [6, 6.07) is 11.6. The van der Waals surface area contributed by atoms with E-state index in [0.717, 1.165) is 21.5 Å². The number of pyridine rings is 1. The Morgan fingerprint density at radius 2 is 1.95 bits per heavy atom. The van der Waals surface area contributed by atoms with Crippen LogP contribution in [0.3, 0.4) is 0 Å². The fourth-order valence-corrected chi connectivity index (χ4v) is 2.57. The molecule has 0 aliphatic carbocycles. The second kappa shape index (κ2) is 6.87. The van der Waals surface area contributed by atoms with E-state index < -0.39 is 0 Å². The lowest BCUT2D eigenvalue weighted by Gasteiger charge is -2.02. The molecule has 0 aliphatic rings. The lowest BCUT2D eigenvalue weighted by Crippen LogP contribution is -2.02. The Morgan fingerprint density at radius 3 is 2.53 bits per heavy atom. The molecule has 98 valence electrons. The zero-order chi connectivity index (χ0) is 13.7. The number of aryl methyl sites for hydroxylation is 1. The number of carbonyl (C=O) groups excluding carboxylic acids is 1. The average Bonchev–Trinajstić information content (AvgIpc) is 2.46. The van der Waals surface area contributed by atoms with Crippen molar-refractivity contribution in [2.45, 2.75) is 18.4 Å². The fourth-order valence-electron chi connectivity index (χ4n) is 1.60. The standard InChI is InChI=1S/C15H14BrNOS/c1-2-11-3-5-12(6-4-11)14(18)10-19-15-8-7-13(16)9-17-15/h3-9H,2,10H2,1H3. The number of halogens is 1. The van der Waals surface area contributed by atoms with Crippen LogP contribution in [-0.2, 0) is 6.42 Å². The van der Waals surface area contributed by atoms with Crippen molar-refractivity contribution in [2.75, 3.05) is 5.75 Å². The van der Waals surface area contributed by atoms with Crippen molar-refractivity contribution in [3.63, 3.8) is 0 Å². The van der Waals surface area contributed by atoms with Gasteiger partial charge in [-0.2, -0.15) is 0 Å². The van der Waals surface area contributed by atoms with Gasteiger partial charge < -0.3 is 0 Å². The van der Waals surface area contributed by atoms with Crippen molar-refractivity contribution in [2.24, 2.45) is 0 Å². The summed E-state index contributed by atoms with van der Waals surface area (Å²) in [6.07, 6.45) is 2.73. The van der Waals surface area contributed by atoms with Gasteiger partial charge in [-0.05, 0) is 40.0 Å². The SMILES string of the molecule is CCc1ccc(C(=O)CSc2ccc(Br)cn2)cc1. The number of carbonyl (C=O) groups is 1. The molecule has 0 saturated heterocycles. The Labute approximate surface area is 125 Å². The molecule has 2 nitrogen and oxygen atoms in total. The molecule has 1 aromatic heterocycles. The molecule has 0 spiro atoms. The molecule has 0 unspecified atom stereocenters. The van der Waals surface area contributed by atoms with Gasteiger partial charge in [0.2, 0.25) is 0 Å². The number of hydrogen-bond donors (Lipinski definition) is 0. The van der Waals surface area contributed by atoms with Crippen LogP contribution in [0.5, 0.6) is 0 Å². The highest BCUT2D eigenvalue weighted by Gasteiger charge is 2.07. The van der Waals surface area contributed by atoms with Gasteiger partial charge in [-0.3, -0.25) is 4.79 Å². The van der Waals surface area contributed by atoms with Gasteiger partial charge in [0.05, 0.1) is 10.8 Å². The third-order valence-corrected chi connectivity index (χ3v) is 4.15. The summed E-state index contributed by atoms with van der Waals surface area (Å²) in [4.78, 5) is 16.3. The third-order valence-electron chi connectivity index (χ3n) is 2.74. The molecule has 0 N–H and O–H groups in total. The van der Waals surface area contributed by atoms with Gasteiger partial charge in [0.1, 0.15) is 0 Å². The molecule has 1 heterocycles. The normalized spacial score (nSPS) is 10.4. The highest BCUT2D eigenvalue weighted by molar-refractivity contribution is 9.10. The quantitative estimate of drug-likeness (QED) is 0.599. The van der Waals surface area contributed by atoms with Crippen molar-refractivity contribution < 1.29 is 4.79 Å². The van der Waals surface area contributed by atoms with Gasteiger partial charge in [-0.25, -0.2) is 4.98 Å². The maximum atomic E-state index is 12.0. The first kappa shape index (κ1) is 14.3. The van der Waals surface area contributed by atoms with Crippen LogP contribution in [0.25, 0.3) is 0 Å². The number of Topliss-reactive ketones (excluding diaryl/α,β-unsaturated/α-hetero) is 1. The van der Waals surface area contributed by atoms with Gasteiger partial charge >= 0.3 is 0 Å². The van der Waals surface area contributed by atoms with Crippen molar-refractivity contribution in [3.8, 4) is 0 Å². The first-order chi connectivity index (χ1) is 9.19. The molecule has 0 saturated carbocycles. The average molecular weight is 336 g/mol. The van der Waals surface area contributed by atoms with Crippen LogP contribution in [0.4, 0.5) is 0 Å². The summed E-state index contributed by atoms with van der Waals surface area (Å²) in [5.74, 6) is 0.553. The largest absolute Gasteiger partial charge is 0.293 e. The van der Waals surface area contributed by atoms with Crippen LogP contribution >= 0.6 is 27.7 Å². The summed E-state index contributed by atoms with van der Waals surface area (Å²) in [5, 5.41) is 0.863. The number of ketones is 1. The molecule has 0 bridgehead atoms. The molecule has 4 heteroatoms. The van der Waals surface area contributed by atoms with Crippen LogP contribution in [0, 0.1) is 0 Å². The maximum Gasteiger partial charge on any atom is 0.173 e. The van der Waals surface area contributed by atoms with E-state index in [0.29, 0.717) is 5.75 Å². The van der Waals surface area contributed by atoms with Crippen LogP contribution in [0.1, 0.15) is 22.8 Å². The van der Waals surface area contributed by atoms with Crippen molar-refractivity contribution in [3.05, 3.63) is 58.2 Å². The Hall–Kier alpha value is -1.13. The second-order valence-corrected chi connectivity index (χ2v) is 5.99. The summed E-state index contributed by atoms with van der Waals surface area (Å²) in [5.41, 5.74) is 2.01. The predicted octanol–water partition coefficient (Wildman–Crippen LogP) is 4.38. The summed E-state index contributed by atoms with van der Waals surface area (Å²) < 4.78 is 0.943. The molecule has 0 amide bonds. The molecule has 1 aromatic carbocycles. The van der Waals surface area contributed by atoms with Gasteiger partial charge in [0.15, 0.2) is 5.78 Å². The first-order valence-electron chi connectivity index (χ1n) is 6.05. The van der Waals surface area contributed by atoms with Crippen molar-refractivity contribution in [1.29, 1.82) is 0 Å². The van der Waals surface area contributed by atoms with E-state index in [1.807, 2.05) is 36.4 Å². The zero-order valence-corrected chi connectivity index (χ0v) is 13.0. The fraction of sp³-hybridized carbons (Fsp3) is 0.200. The molecular weight excluding hydrogens is 322 g/mol. The smallest absolute Gasteiger partial charge is 0.173 e. The molecule has 0 aliphatic heterocycles. The van der Waals surface area contributed by atoms with E-state index >= 15 is 0 Å². The highest BCUT2D eigenvalue weighted by Crippen LogP contribution is 2.19. The van der Waals surface area contributed by atoms with E-state index in [1.54, 1.807) is 6.20 Å². The minimum absolute atomic E-state index is 0.136. The zero-order valence-electron chi connectivity index (χ0n) is 10.6. The van der Waals surface area contributed by atoms with E-state index in [4.69, 9.17) is 0 Å². The number of benzene rings is 1. The maximum absolute atomic E-state index is 12.0. The Balaban J connectivity index is 1.95. The first-order valence-corrected chi connectivity index (χ1v) is 7.83. The number of nitrogens with zero attached hydrogens (tertiary/aromatic N) is 1. The van der Waals surface area contributed by atoms with E-state index in [-0.39, 0.29) is 5.78 Å². The minimum Gasteiger partial charge on any atom is -0.293 e. The molecular formula is C15H14BrNOS. The highest BCUT2D eigenvalue weighted by atomic mass is 79.9. The van der Waals surface area contributed by atoms with E-state index in [2.05, 4.69) is 27.8 Å². The van der Waals surface area contributed by atoms with Gasteiger partial charge in [-0.15, -0.1) is 0 Å². The predicted molar refractivity (Wildman–Crippen MR) is 82.8 cm³/mol. The van der Waals surface area contributed by atoms with Crippen LogP contribution < -0.4 is 0 Å². The topological polar surface area (TPSA) is 30.0 Å². The summed E-state index contributed by atoms with van der Waals surface area (Å²) in [7, 11) is 0. The minimum atomic E-state index is 0.136. The molecule has 2 rings (SSSR count). The van der Waals surface area contributed by atoms with Crippen LogP contribution in [0.2, 0.25) is 0 Å². The summed E-state index contributed by atoms with van der Waals surface area (Å²) >= 11 is 4.80. The van der Waals surface area contributed by atoms with E-state index in [1.165, 1.54) is 17.3 Å². The van der Waals surface area contributed by atoms with Crippen molar-refractivity contribution in [1.82, 2.24) is 4.98 Å². The number of rotatable bonds is 5. The molecule has 2 aromatic rings. The van der Waals surface area contributed by atoms with Gasteiger partial charge in [0.25, 0.3) is 0 Å². The molecule has 19 heavy (non-hydrogen) atoms. The lowest BCUT2D eigenvalue weighted by atomic mass is 10.1. The van der Waals surface area contributed by atoms with Gasteiger partial charge in [0, 0.05) is 16.2 Å². The number of thioether (sulfide) groups is 1. The second-order valence-electron chi connectivity index (χ2n) is 4.08. The molecule has 0 fully saturated rings.